The summed E-state index contributed by atoms with van der Waals surface area (Å²) in [5, 5.41) is 27.8. The zero-order valence-corrected chi connectivity index (χ0v) is 15.3. The van der Waals surface area contributed by atoms with Gasteiger partial charge in [-0.1, -0.05) is 48.9 Å². The van der Waals surface area contributed by atoms with Crippen LogP contribution in [0.1, 0.15) is 52.2 Å². The highest BCUT2D eigenvalue weighted by molar-refractivity contribution is 6.13. The SMILES string of the molecule is Cc1ccc(C(=O)c2c(C(N)=O)nnn2C2OC(CO)C(C)(C)C2O)cc1. The minimum Gasteiger partial charge on any atom is -0.394 e. The van der Waals surface area contributed by atoms with Crippen molar-refractivity contribution in [1.82, 2.24) is 15.0 Å². The number of hydrogen-bond donors (Lipinski definition) is 3. The van der Waals surface area contributed by atoms with Crippen molar-refractivity contribution < 1.29 is 24.5 Å². The monoisotopic (exact) mass is 374 g/mol. The number of amides is 1. The van der Waals surface area contributed by atoms with Crippen LogP contribution in [0, 0.1) is 12.3 Å². The molecule has 27 heavy (non-hydrogen) atoms. The molecule has 2 aromatic rings. The predicted molar refractivity (Wildman–Crippen MR) is 93.9 cm³/mol. The second-order valence-electron chi connectivity index (χ2n) is 7.25. The van der Waals surface area contributed by atoms with E-state index in [2.05, 4.69) is 10.3 Å². The Hall–Kier alpha value is -2.62. The number of primary amides is 1. The Balaban J connectivity index is 2.09. The van der Waals surface area contributed by atoms with Gasteiger partial charge in [-0.25, -0.2) is 4.68 Å². The Morgan fingerprint density at radius 2 is 1.93 bits per heavy atom. The molecule has 1 aromatic heterocycles. The van der Waals surface area contributed by atoms with Crippen LogP contribution < -0.4 is 5.73 Å². The Labute approximate surface area is 155 Å². The maximum absolute atomic E-state index is 13.0. The minimum absolute atomic E-state index is 0.162. The van der Waals surface area contributed by atoms with Crippen LogP contribution >= 0.6 is 0 Å². The van der Waals surface area contributed by atoms with Gasteiger partial charge < -0.3 is 20.7 Å². The van der Waals surface area contributed by atoms with Crippen molar-refractivity contribution in [1.29, 1.82) is 0 Å². The molecule has 0 radical (unpaired) electrons. The first kappa shape index (κ1) is 19.2. The third-order valence-corrected chi connectivity index (χ3v) is 5.03. The number of ketones is 1. The van der Waals surface area contributed by atoms with Gasteiger partial charge in [-0.05, 0) is 6.92 Å². The number of aryl methyl sites for hydroxylation is 1. The molecule has 1 aliphatic rings. The van der Waals surface area contributed by atoms with Crippen LogP contribution in [0.4, 0.5) is 0 Å². The summed E-state index contributed by atoms with van der Waals surface area (Å²) >= 11 is 0. The lowest BCUT2D eigenvalue weighted by atomic mass is 9.83. The number of carbonyl (C=O) groups is 2. The van der Waals surface area contributed by atoms with E-state index in [0.717, 1.165) is 10.2 Å². The number of nitrogens with zero attached hydrogens (tertiary/aromatic N) is 3. The summed E-state index contributed by atoms with van der Waals surface area (Å²) in [6.07, 6.45) is -2.87. The molecule has 9 heteroatoms. The van der Waals surface area contributed by atoms with E-state index in [1.165, 1.54) is 0 Å². The molecule has 144 valence electrons. The largest absolute Gasteiger partial charge is 0.394 e. The van der Waals surface area contributed by atoms with Gasteiger partial charge in [-0.3, -0.25) is 9.59 Å². The predicted octanol–water partition coefficient (Wildman–Crippen LogP) is 0.193. The Kier molecular flexibility index (Phi) is 4.85. The Bertz CT molecular complexity index is 874. The molecule has 4 N–H and O–H groups in total. The highest BCUT2D eigenvalue weighted by Gasteiger charge is 2.51. The second kappa shape index (κ2) is 6.84. The number of aliphatic hydroxyl groups is 2. The van der Waals surface area contributed by atoms with Gasteiger partial charge in [0.1, 0.15) is 11.8 Å². The van der Waals surface area contributed by atoms with Gasteiger partial charge in [-0.15, -0.1) is 5.10 Å². The number of aliphatic hydroxyl groups excluding tert-OH is 2. The van der Waals surface area contributed by atoms with Crippen LogP contribution in [-0.2, 0) is 4.74 Å². The first-order valence-electron chi connectivity index (χ1n) is 8.49. The minimum atomic E-state index is -1.10. The lowest BCUT2D eigenvalue weighted by Crippen LogP contribution is -2.37. The van der Waals surface area contributed by atoms with E-state index >= 15 is 0 Å². The summed E-state index contributed by atoms with van der Waals surface area (Å²) in [6, 6.07) is 6.76. The molecule has 1 saturated heterocycles. The third-order valence-electron chi connectivity index (χ3n) is 5.03. The molecular formula is C18H22N4O5. The molecule has 1 aliphatic heterocycles. The fourth-order valence-corrected chi connectivity index (χ4v) is 3.14. The number of nitrogens with two attached hydrogens (primary N) is 1. The molecule has 0 bridgehead atoms. The Morgan fingerprint density at radius 1 is 1.30 bits per heavy atom. The summed E-state index contributed by atoms with van der Waals surface area (Å²) in [4.78, 5) is 24.8. The van der Waals surface area contributed by atoms with Crippen LogP contribution in [0.15, 0.2) is 24.3 Å². The van der Waals surface area contributed by atoms with Gasteiger partial charge in [0, 0.05) is 11.0 Å². The molecule has 3 unspecified atom stereocenters. The molecule has 0 spiro atoms. The molecule has 3 atom stereocenters. The smallest absolute Gasteiger partial charge is 0.271 e. The maximum Gasteiger partial charge on any atom is 0.271 e. The average molecular weight is 374 g/mol. The van der Waals surface area contributed by atoms with Crippen molar-refractivity contribution in [2.24, 2.45) is 11.1 Å². The number of benzene rings is 1. The van der Waals surface area contributed by atoms with Gasteiger partial charge in [0.15, 0.2) is 11.9 Å². The number of ether oxygens (including phenoxy) is 1. The van der Waals surface area contributed by atoms with Crippen molar-refractivity contribution >= 4 is 11.7 Å². The second-order valence-corrected chi connectivity index (χ2v) is 7.25. The van der Waals surface area contributed by atoms with Gasteiger partial charge in [-0.2, -0.15) is 0 Å². The summed E-state index contributed by atoms with van der Waals surface area (Å²) in [5.41, 5.74) is 5.37. The first-order valence-corrected chi connectivity index (χ1v) is 8.49. The standard InChI is InChI=1S/C18H22N4O5/c1-9-4-6-10(7-5-9)14(24)13-12(16(19)26)20-21-22(13)17-15(25)18(2,3)11(8-23)27-17/h4-7,11,15,17,23,25H,8H2,1-3H3,(H2,19,26). The van der Waals surface area contributed by atoms with E-state index in [4.69, 9.17) is 10.5 Å². The summed E-state index contributed by atoms with van der Waals surface area (Å²) in [7, 11) is 0. The first-order chi connectivity index (χ1) is 12.7. The summed E-state index contributed by atoms with van der Waals surface area (Å²) < 4.78 is 6.79. The maximum atomic E-state index is 13.0. The van der Waals surface area contributed by atoms with Crippen molar-refractivity contribution in [3.05, 3.63) is 46.8 Å². The quantitative estimate of drug-likeness (QED) is 0.635. The molecule has 2 heterocycles. The van der Waals surface area contributed by atoms with E-state index in [0.29, 0.717) is 5.56 Å². The molecule has 1 amide bonds. The fourth-order valence-electron chi connectivity index (χ4n) is 3.14. The van der Waals surface area contributed by atoms with Gasteiger partial charge in [0.05, 0.1) is 12.7 Å². The normalized spacial score (nSPS) is 24.1. The number of hydrogen-bond acceptors (Lipinski definition) is 7. The zero-order valence-electron chi connectivity index (χ0n) is 15.3. The van der Waals surface area contributed by atoms with Gasteiger partial charge in [0.2, 0.25) is 5.78 Å². The molecule has 3 rings (SSSR count). The van der Waals surface area contributed by atoms with E-state index in [1.54, 1.807) is 38.1 Å². The van der Waals surface area contributed by atoms with E-state index in [-0.39, 0.29) is 18.0 Å². The summed E-state index contributed by atoms with van der Waals surface area (Å²) in [5.74, 6) is -1.43. The van der Waals surface area contributed by atoms with Crippen molar-refractivity contribution in [2.75, 3.05) is 6.61 Å². The van der Waals surface area contributed by atoms with E-state index in [1.807, 2.05) is 6.92 Å². The van der Waals surface area contributed by atoms with Crippen LogP contribution in [0.2, 0.25) is 0 Å². The van der Waals surface area contributed by atoms with E-state index < -0.39 is 35.5 Å². The van der Waals surface area contributed by atoms with Crippen LogP contribution in [0.5, 0.6) is 0 Å². The third kappa shape index (κ3) is 3.14. The Morgan fingerprint density at radius 3 is 2.44 bits per heavy atom. The average Bonchev–Trinajstić information content (AvgIpc) is 3.15. The zero-order chi connectivity index (χ0) is 19.9. The fraction of sp³-hybridized carbons (Fsp3) is 0.444. The van der Waals surface area contributed by atoms with Crippen molar-refractivity contribution in [3.8, 4) is 0 Å². The van der Waals surface area contributed by atoms with Crippen LogP contribution in [0.3, 0.4) is 0 Å². The van der Waals surface area contributed by atoms with Crippen molar-refractivity contribution in [3.63, 3.8) is 0 Å². The highest BCUT2D eigenvalue weighted by Crippen LogP contribution is 2.43. The lowest BCUT2D eigenvalue weighted by Gasteiger charge is -2.26. The number of carbonyl (C=O) groups excluding carboxylic acids is 2. The van der Waals surface area contributed by atoms with Crippen LogP contribution in [0.25, 0.3) is 0 Å². The molecule has 9 nitrogen and oxygen atoms in total. The molecule has 0 saturated carbocycles. The molecule has 0 aliphatic carbocycles. The molecule has 1 fully saturated rings. The molecular weight excluding hydrogens is 352 g/mol. The summed E-state index contributed by atoms with van der Waals surface area (Å²) in [6.45, 7) is 5.02. The lowest BCUT2D eigenvalue weighted by molar-refractivity contribution is -0.0598. The van der Waals surface area contributed by atoms with Gasteiger partial charge >= 0.3 is 0 Å². The molecule has 1 aromatic carbocycles. The van der Waals surface area contributed by atoms with Crippen molar-refractivity contribution in [2.45, 2.75) is 39.2 Å². The van der Waals surface area contributed by atoms with Gasteiger partial charge in [0.25, 0.3) is 5.91 Å². The van der Waals surface area contributed by atoms with Crippen LogP contribution in [-0.4, -0.2) is 55.7 Å². The number of aromatic nitrogens is 3. The number of rotatable bonds is 5. The van der Waals surface area contributed by atoms with E-state index in [9.17, 15) is 19.8 Å². The topological polar surface area (TPSA) is 141 Å². The highest BCUT2D eigenvalue weighted by atomic mass is 16.5.